The van der Waals surface area contributed by atoms with E-state index >= 15 is 0 Å². The second-order valence-corrected chi connectivity index (χ2v) is 16.8. The molecule has 0 aromatic rings. The van der Waals surface area contributed by atoms with Crippen LogP contribution < -0.4 is 0 Å². The first-order valence-electron chi connectivity index (χ1n) is 17.6. The van der Waals surface area contributed by atoms with Crippen molar-refractivity contribution >= 4 is 0 Å². The van der Waals surface area contributed by atoms with E-state index in [4.69, 9.17) is 9.57 Å². The zero-order valence-corrected chi connectivity index (χ0v) is 28.9. The molecule has 0 spiro atoms. The number of rotatable bonds is 8. The van der Waals surface area contributed by atoms with Gasteiger partial charge in [0.2, 0.25) is 0 Å². The van der Waals surface area contributed by atoms with Crippen molar-refractivity contribution in [2.24, 2.45) is 51.2 Å². The Bertz CT molecular complexity index is 1090. The lowest BCUT2D eigenvalue weighted by Gasteiger charge is -2.69. The predicted octanol–water partition coefficient (Wildman–Crippen LogP) is 5.86. The van der Waals surface area contributed by atoms with E-state index in [-0.39, 0.29) is 16.2 Å². The largest absolute Gasteiger partial charge is 0.394 e. The van der Waals surface area contributed by atoms with Crippen LogP contribution in [0.5, 0.6) is 0 Å². The zero-order chi connectivity index (χ0) is 32.4. The molecule has 7 nitrogen and oxygen atoms in total. The Balaban J connectivity index is 1.41. The van der Waals surface area contributed by atoms with Gasteiger partial charge in [-0.1, -0.05) is 65.3 Å². The molecule has 0 radical (unpaired) electrons. The highest BCUT2D eigenvalue weighted by Gasteiger charge is 2.65. The summed E-state index contributed by atoms with van der Waals surface area (Å²) in [6.45, 7) is 22.1. The number of aliphatic hydroxyl groups excluding tert-OH is 4. The fraction of sp³-hybridized carbons (Fsp3) is 0.892. The van der Waals surface area contributed by atoms with Crippen LogP contribution in [0.1, 0.15) is 106 Å². The van der Waals surface area contributed by atoms with Gasteiger partial charge in [-0.15, -0.1) is 0 Å². The summed E-state index contributed by atoms with van der Waals surface area (Å²) in [7, 11) is 1.54. The molecule has 1 heterocycles. The summed E-state index contributed by atoms with van der Waals surface area (Å²) in [6, 6.07) is 0. The molecular weight excluding hydrogens is 554 g/mol. The molecule has 4 fully saturated rings. The summed E-state index contributed by atoms with van der Waals surface area (Å²) in [5.74, 6) is 3.15. The van der Waals surface area contributed by atoms with Crippen LogP contribution in [0.3, 0.4) is 0 Å². The van der Waals surface area contributed by atoms with Gasteiger partial charge >= 0.3 is 0 Å². The normalized spacial score (nSPS) is 50.8. The van der Waals surface area contributed by atoms with Crippen molar-refractivity contribution in [3.63, 3.8) is 0 Å². The average Bonchev–Trinajstić information content (AvgIpc) is 2.97. The van der Waals surface area contributed by atoms with E-state index in [2.05, 4.69) is 61.1 Å². The Kier molecular flexibility index (Phi) is 9.68. The molecule has 0 bridgehead atoms. The number of allylic oxidation sites excluding steroid dienone is 3. The molecule has 1 aliphatic heterocycles. The minimum atomic E-state index is -1.43. The lowest BCUT2D eigenvalue weighted by molar-refractivity contribution is -0.328. The van der Waals surface area contributed by atoms with Gasteiger partial charge in [0.25, 0.3) is 0 Å². The van der Waals surface area contributed by atoms with Gasteiger partial charge in [-0.25, -0.2) is 0 Å². The molecule has 0 aromatic heterocycles. The van der Waals surface area contributed by atoms with E-state index in [0.29, 0.717) is 29.7 Å². The summed E-state index contributed by atoms with van der Waals surface area (Å²) >= 11 is 0. The van der Waals surface area contributed by atoms with Crippen LogP contribution in [0.25, 0.3) is 0 Å². The molecule has 14 atom stereocenters. The number of fused-ring (bicyclic) bond motifs is 5. The highest BCUT2D eigenvalue weighted by atomic mass is 16.7. The van der Waals surface area contributed by atoms with Crippen LogP contribution in [0, 0.1) is 51.2 Å². The molecule has 252 valence electrons. The molecule has 4 N–H and O–H groups in total. The van der Waals surface area contributed by atoms with Crippen molar-refractivity contribution in [2.75, 3.05) is 20.3 Å². The summed E-state index contributed by atoms with van der Waals surface area (Å²) in [4.78, 5) is 5.67. The first kappa shape index (κ1) is 34.5. The number of ether oxygens (including phenoxy) is 1. The van der Waals surface area contributed by atoms with E-state index < -0.39 is 37.3 Å². The third kappa shape index (κ3) is 5.20. The van der Waals surface area contributed by atoms with Gasteiger partial charge in [0, 0.05) is 6.54 Å². The molecule has 0 unspecified atom stereocenters. The van der Waals surface area contributed by atoms with Crippen molar-refractivity contribution in [1.82, 2.24) is 5.06 Å². The van der Waals surface area contributed by atoms with E-state index in [0.717, 1.165) is 37.5 Å². The summed E-state index contributed by atoms with van der Waals surface area (Å²) in [6.07, 6.45) is 7.26. The number of nitrogens with zero attached hydrogens (tertiary/aromatic N) is 1. The second kappa shape index (κ2) is 12.3. The van der Waals surface area contributed by atoms with Crippen molar-refractivity contribution in [3.8, 4) is 0 Å². The minimum absolute atomic E-state index is 0.0465. The summed E-state index contributed by atoms with van der Waals surface area (Å²) in [5, 5.41) is 42.7. The standard InChI is InChI=1S/C37H63NO6/c1-22(2)25-14-17-37(8)28(12-11-26-29-24(4)23(3)13-16-34(29,5)18-19-36(26,37)7)35(25,6)15-10-20-38(43-9)33-32(42)31(41)30(40)27(21-39)44-33/h11,23-25,27-33,39-42H,1,10,12-21H2,2-9H3/t23-,24+,25+,27-,28-,29+,30-,31+,32-,33-,34-,35+,36-,37-/m1/s1. The van der Waals surface area contributed by atoms with E-state index in [9.17, 15) is 20.4 Å². The molecule has 44 heavy (non-hydrogen) atoms. The Hall–Kier alpha value is -0.800. The quantitative estimate of drug-likeness (QED) is 0.200. The maximum absolute atomic E-state index is 10.7. The van der Waals surface area contributed by atoms with Crippen LogP contribution in [0.15, 0.2) is 23.8 Å². The molecule has 0 aromatic carbocycles. The van der Waals surface area contributed by atoms with Crippen molar-refractivity contribution < 1.29 is 30.0 Å². The highest BCUT2D eigenvalue weighted by molar-refractivity contribution is 5.34. The molecule has 7 heteroatoms. The van der Waals surface area contributed by atoms with Gasteiger partial charge in [0.05, 0.1) is 13.7 Å². The fourth-order valence-electron chi connectivity index (χ4n) is 11.6. The summed E-state index contributed by atoms with van der Waals surface area (Å²) in [5.41, 5.74) is 3.93. The SMILES string of the molecule is C=C(C)[C@@H]1CC[C@]2(C)[C@H](CC=C3[C@@H]4[C@@H](C)[C@H](C)CC[C@]4(C)CC[C@]32C)[C@@]1(C)CCCN(OC)[C@@H]1O[C@H](CO)[C@@H](O)[C@H](O)[C@H]1O. The smallest absolute Gasteiger partial charge is 0.162 e. The van der Waals surface area contributed by atoms with Crippen LogP contribution in [-0.4, -0.2) is 76.4 Å². The topological polar surface area (TPSA) is 103 Å². The van der Waals surface area contributed by atoms with Gasteiger partial charge in [-0.2, -0.15) is 5.06 Å². The summed E-state index contributed by atoms with van der Waals surface area (Å²) < 4.78 is 5.82. The molecule has 4 aliphatic carbocycles. The van der Waals surface area contributed by atoms with Crippen LogP contribution in [0.4, 0.5) is 0 Å². The van der Waals surface area contributed by atoms with Crippen LogP contribution in [0.2, 0.25) is 0 Å². The Morgan fingerprint density at radius 3 is 2.36 bits per heavy atom. The number of hydrogen-bond acceptors (Lipinski definition) is 7. The highest BCUT2D eigenvalue weighted by Crippen LogP contribution is 2.74. The van der Waals surface area contributed by atoms with E-state index in [1.54, 1.807) is 10.6 Å². The molecular formula is C37H63NO6. The first-order valence-corrected chi connectivity index (χ1v) is 17.6. The third-order valence-electron chi connectivity index (χ3n) is 14.7. The molecule has 3 saturated carbocycles. The van der Waals surface area contributed by atoms with Crippen LogP contribution in [-0.2, 0) is 9.57 Å². The van der Waals surface area contributed by atoms with Crippen molar-refractivity contribution in [2.45, 2.75) is 137 Å². The maximum Gasteiger partial charge on any atom is 0.162 e. The van der Waals surface area contributed by atoms with Crippen molar-refractivity contribution in [3.05, 3.63) is 23.8 Å². The Labute approximate surface area is 267 Å². The first-order chi connectivity index (χ1) is 20.6. The van der Waals surface area contributed by atoms with Crippen LogP contribution >= 0.6 is 0 Å². The average molecular weight is 618 g/mol. The Morgan fingerprint density at radius 2 is 1.73 bits per heavy atom. The van der Waals surface area contributed by atoms with Gasteiger partial charge in [0.1, 0.15) is 24.4 Å². The fourth-order valence-corrected chi connectivity index (χ4v) is 11.6. The van der Waals surface area contributed by atoms with Gasteiger partial charge in [-0.3, -0.25) is 4.84 Å². The van der Waals surface area contributed by atoms with E-state index in [1.165, 1.54) is 44.8 Å². The molecule has 0 amide bonds. The minimum Gasteiger partial charge on any atom is -0.394 e. The monoisotopic (exact) mass is 617 g/mol. The van der Waals surface area contributed by atoms with Gasteiger partial charge < -0.3 is 25.2 Å². The van der Waals surface area contributed by atoms with Gasteiger partial charge in [-0.05, 0) is 116 Å². The molecule has 5 aliphatic rings. The van der Waals surface area contributed by atoms with E-state index in [1.807, 2.05) is 0 Å². The lowest BCUT2D eigenvalue weighted by atomic mass is 9.35. The lowest BCUT2D eigenvalue weighted by Crippen LogP contribution is -2.63. The second-order valence-electron chi connectivity index (χ2n) is 16.8. The number of hydrogen-bond donors (Lipinski definition) is 4. The Morgan fingerprint density at radius 1 is 1.02 bits per heavy atom. The van der Waals surface area contributed by atoms with Crippen molar-refractivity contribution in [1.29, 1.82) is 0 Å². The predicted molar refractivity (Wildman–Crippen MR) is 173 cm³/mol. The third-order valence-corrected chi connectivity index (χ3v) is 14.7. The number of hydroxylamine groups is 2. The zero-order valence-electron chi connectivity index (χ0n) is 28.9. The number of aliphatic hydroxyl groups is 4. The molecule has 1 saturated heterocycles. The maximum atomic E-state index is 10.7. The van der Waals surface area contributed by atoms with Gasteiger partial charge in [0.15, 0.2) is 6.23 Å². The molecule has 5 rings (SSSR count).